The summed E-state index contributed by atoms with van der Waals surface area (Å²) in [6.07, 6.45) is 0. The number of rotatable bonds is 1. The van der Waals surface area contributed by atoms with E-state index < -0.39 is 0 Å². The molecule has 0 radical (unpaired) electrons. The molecule has 0 saturated carbocycles. The first kappa shape index (κ1) is 13.8. The smallest absolute Gasteiger partial charge is 0.257 e. The highest BCUT2D eigenvalue weighted by Crippen LogP contribution is 2.20. The van der Waals surface area contributed by atoms with Gasteiger partial charge in [0.2, 0.25) is 0 Å². The molecule has 0 aromatic heterocycles. The van der Waals surface area contributed by atoms with E-state index in [4.69, 9.17) is 0 Å². The largest absolute Gasteiger partial charge is 0.507 e. The number of nitrogens with zero attached hydrogens (tertiary/aromatic N) is 1. The molecule has 1 heterocycles. The van der Waals surface area contributed by atoms with Crippen LogP contribution < -0.4 is 5.32 Å². The molecular weight excluding hydrogens is 240 g/mol. The van der Waals surface area contributed by atoms with Crippen molar-refractivity contribution in [1.82, 2.24) is 10.2 Å². The van der Waals surface area contributed by atoms with Crippen molar-refractivity contribution in [2.24, 2.45) is 0 Å². The first-order valence-corrected chi connectivity index (χ1v) is 5.48. The number of phenolic OH excluding ortho intramolecular Hbond substituents is 1. The van der Waals surface area contributed by atoms with Gasteiger partial charge in [-0.3, -0.25) is 4.79 Å². The number of nitrogens with one attached hydrogen (secondary N) is 1. The van der Waals surface area contributed by atoms with Gasteiger partial charge in [-0.1, -0.05) is 11.6 Å². The number of carbonyl (C=O) groups is 1. The molecule has 1 aliphatic rings. The van der Waals surface area contributed by atoms with E-state index in [1.807, 2.05) is 6.92 Å². The highest BCUT2D eigenvalue weighted by molar-refractivity contribution is 5.97. The number of carbonyl (C=O) groups excluding carboxylic acids is 1. The summed E-state index contributed by atoms with van der Waals surface area (Å²) in [6, 6.07) is 5.11. The van der Waals surface area contributed by atoms with Crippen LogP contribution in [0.5, 0.6) is 5.75 Å². The molecule has 17 heavy (non-hydrogen) atoms. The molecule has 0 aliphatic carbocycles. The second-order valence-corrected chi connectivity index (χ2v) is 4.06. The molecule has 4 nitrogen and oxygen atoms in total. The number of amides is 1. The standard InChI is InChI=1S/C12H16N2O2.ClH/c1-9-2-3-11(15)10(8-9)12(16)14-6-4-13-5-7-14;/h2-3,8,13,15H,4-7H2,1H3;1H. The molecule has 1 aliphatic heterocycles. The second kappa shape index (κ2) is 5.89. The zero-order valence-electron chi connectivity index (χ0n) is 9.77. The summed E-state index contributed by atoms with van der Waals surface area (Å²) in [5, 5.41) is 12.9. The number of aromatic hydroxyl groups is 1. The molecule has 1 fully saturated rings. The lowest BCUT2D eigenvalue weighted by Crippen LogP contribution is -2.46. The van der Waals surface area contributed by atoms with E-state index in [1.165, 1.54) is 0 Å². The average Bonchev–Trinajstić information content (AvgIpc) is 2.32. The molecule has 0 unspecified atom stereocenters. The van der Waals surface area contributed by atoms with Gasteiger partial charge < -0.3 is 15.3 Å². The Kier molecular flexibility index (Phi) is 4.78. The summed E-state index contributed by atoms with van der Waals surface area (Å²) >= 11 is 0. The van der Waals surface area contributed by atoms with E-state index in [0.29, 0.717) is 18.7 Å². The normalized spacial score (nSPS) is 15.2. The van der Waals surface area contributed by atoms with Gasteiger partial charge in [-0.25, -0.2) is 0 Å². The third-order valence-electron chi connectivity index (χ3n) is 2.79. The van der Waals surface area contributed by atoms with Crippen molar-refractivity contribution in [1.29, 1.82) is 0 Å². The maximum absolute atomic E-state index is 12.1. The predicted octanol–water partition coefficient (Wildman–Crippen LogP) is 1.17. The molecule has 2 rings (SSSR count). The second-order valence-electron chi connectivity index (χ2n) is 4.06. The maximum atomic E-state index is 12.1. The minimum Gasteiger partial charge on any atom is -0.507 e. The van der Waals surface area contributed by atoms with Gasteiger partial charge in [-0.05, 0) is 19.1 Å². The quantitative estimate of drug-likeness (QED) is 0.793. The Balaban J connectivity index is 0.00000144. The predicted molar refractivity (Wildman–Crippen MR) is 68.9 cm³/mol. The molecule has 5 heteroatoms. The van der Waals surface area contributed by atoms with Crippen molar-refractivity contribution in [2.75, 3.05) is 26.2 Å². The van der Waals surface area contributed by atoms with Crippen molar-refractivity contribution in [3.05, 3.63) is 29.3 Å². The lowest BCUT2D eigenvalue weighted by molar-refractivity contribution is 0.0732. The van der Waals surface area contributed by atoms with Crippen molar-refractivity contribution in [3.63, 3.8) is 0 Å². The van der Waals surface area contributed by atoms with Crippen LogP contribution in [0, 0.1) is 6.92 Å². The monoisotopic (exact) mass is 256 g/mol. The fraction of sp³-hybridized carbons (Fsp3) is 0.417. The van der Waals surface area contributed by atoms with Gasteiger partial charge in [0, 0.05) is 26.2 Å². The van der Waals surface area contributed by atoms with E-state index in [2.05, 4.69) is 5.32 Å². The summed E-state index contributed by atoms with van der Waals surface area (Å²) in [5.74, 6) is -0.0168. The summed E-state index contributed by atoms with van der Waals surface area (Å²) in [6.45, 7) is 4.95. The summed E-state index contributed by atoms with van der Waals surface area (Å²) < 4.78 is 0. The van der Waals surface area contributed by atoms with Crippen LogP contribution in [-0.4, -0.2) is 42.1 Å². The van der Waals surface area contributed by atoms with Crippen molar-refractivity contribution >= 4 is 18.3 Å². The number of benzene rings is 1. The maximum Gasteiger partial charge on any atom is 0.257 e. The number of hydrogen-bond acceptors (Lipinski definition) is 3. The molecule has 0 spiro atoms. The summed E-state index contributed by atoms with van der Waals surface area (Å²) in [7, 11) is 0. The molecule has 0 atom stereocenters. The van der Waals surface area contributed by atoms with Crippen LogP contribution >= 0.6 is 12.4 Å². The van der Waals surface area contributed by atoms with Gasteiger partial charge in [-0.15, -0.1) is 12.4 Å². The van der Waals surface area contributed by atoms with Crippen LogP contribution in [0.2, 0.25) is 0 Å². The Bertz CT molecular complexity index is 403. The molecule has 2 N–H and O–H groups in total. The molecule has 1 amide bonds. The Morgan fingerprint density at radius 3 is 2.65 bits per heavy atom. The lowest BCUT2D eigenvalue weighted by Gasteiger charge is -2.27. The minimum atomic E-state index is -0.0808. The molecular formula is C12H17ClN2O2. The first-order chi connectivity index (χ1) is 7.68. The highest BCUT2D eigenvalue weighted by atomic mass is 35.5. The highest BCUT2D eigenvalue weighted by Gasteiger charge is 2.20. The van der Waals surface area contributed by atoms with Gasteiger partial charge in [-0.2, -0.15) is 0 Å². The van der Waals surface area contributed by atoms with Gasteiger partial charge in [0.05, 0.1) is 5.56 Å². The molecule has 1 aromatic rings. The summed E-state index contributed by atoms with van der Waals surface area (Å²) in [5.41, 5.74) is 1.39. The van der Waals surface area contributed by atoms with Crippen LogP contribution in [0.3, 0.4) is 0 Å². The lowest BCUT2D eigenvalue weighted by atomic mass is 10.1. The van der Waals surface area contributed by atoms with E-state index in [-0.39, 0.29) is 24.1 Å². The van der Waals surface area contributed by atoms with Crippen molar-refractivity contribution < 1.29 is 9.90 Å². The van der Waals surface area contributed by atoms with E-state index in [9.17, 15) is 9.90 Å². The zero-order valence-corrected chi connectivity index (χ0v) is 10.6. The van der Waals surface area contributed by atoms with Crippen molar-refractivity contribution in [2.45, 2.75) is 6.92 Å². The van der Waals surface area contributed by atoms with Crippen LogP contribution in [0.1, 0.15) is 15.9 Å². The van der Waals surface area contributed by atoms with Crippen LogP contribution in [0.15, 0.2) is 18.2 Å². The minimum absolute atomic E-state index is 0. The Labute approximate surface area is 107 Å². The Hall–Kier alpha value is -1.26. The van der Waals surface area contributed by atoms with Gasteiger partial charge >= 0.3 is 0 Å². The van der Waals surface area contributed by atoms with Crippen LogP contribution in [-0.2, 0) is 0 Å². The fourth-order valence-corrected chi connectivity index (χ4v) is 1.86. The van der Waals surface area contributed by atoms with E-state index in [1.54, 1.807) is 23.1 Å². The first-order valence-electron chi connectivity index (χ1n) is 5.48. The number of hydrogen-bond donors (Lipinski definition) is 2. The number of halogens is 1. The van der Waals surface area contributed by atoms with E-state index in [0.717, 1.165) is 18.7 Å². The van der Waals surface area contributed by atoms with E-state index >= 15 is 0 Å². The number of piperazine rings is 1. The zero-order chi connectivity index (χ0) is 11.5. The van der Waals surface area contributed by atoms with Gasteiger partial charge in [0.25, 0.3) is 5.91 Å². The molecule has 1 saturated heterocycles. The Morgan fingerprint density at radius 1 is 1.35 bits per heavy atom. The van der Waals surface area contributed by atoms with Crippen LogP contribution in [0.4, 0.5) is 0 Å². The van der Waals surface area contributed by atoms with Crippen LogP contribution in [0.25, 0.3) is 0 Å². The molecule has 0 bridgehead atoms. The third kappa shape index (κ3) is 3.11. The number of aryl methyl sites for hydroxylation is 1. The summed E-state index contributed by atoms with van der Waals surface area (Å²) in [4.78, 5) is 13.9. The average molecular weight is 257 g/mol. The third-order valence-corrected chi connectivity index (χ3v) is 2.79. The fourth-order valence-electron chi connectivity index (χ4n) is 1.86. The van der Waals surface area contributed by atoms with Crippen molar-refractivity contribution in [3.8, 4) is 5.75 Å². The number of phenols is 1. The Morgan fingerprint density at radius 2 is 2.00 bits per heavy atom. The van der Waals surface area contributed by atoms with Gasteiger partial charge in [0.1, 0.15) is 5.75 Å². The molecule has 94 valence electrons. The SMILES string of the molecule is Cc1ccc(O)c(C(=O)N2CCNCC2)c1.Cl. The topological polar surface area (TPSA) is 52.6 Å². The molecule has 1 aromatic carbocycles. The van der Waals surface area contributed by atoms with Gasteiger partial charge in [0.15, 0.2) is 0 Å².